The molecule has 0 N–H and O–H groups in total. The summed E-state index contributed by atoms with van der Waals surface area (Å²) in [7, 11) is 1.81. The molecule has 0 spiro atoms. The minimum Gasteiger partial charge on any atom is -0.466 e. The van der Waals surface area contributed by atoms with Crippen molar-refractivity contribution in [1.82, 2.24) is 19.7 Å². The van der Waals surface area contributed by atoms with Crippen LogP contribution in [0.15, 0.2) is 28.9 Å². The molecule has 0 bridgehead atoms. The summed E-state index contributed by atoms with van der Waals surface area (Å²) in [6, 6.07) is 5.62. The highest BCUT2D eigenvalue weighted by molar-refractivity contribution is 9.10. The molecule has 0 saturated heterocycles. The molecule has 0 radical (unpaired) electrons. The fourth-order valence-electron chi connectivity index (χ4n) is 2.85. The van der Waals surface area contributed by atoms with Crippen molar-refractivity contribution in [2.24, 2.45) is 7.05 Å². The fourth-order valence-corrected chi connectivity index (χ4v) is 3.09. The molecular weight excluding hydrogens is 398 g/mol. The van der Waals surface area contributed by atoms with Gasteiger partial charge < -0.3 is 4.74 Å². The molecule has 1 amide bonds. The van der Waals surface area contributed by atoms with E-state index in [-0.39, 0.29) is 12.5 Å². The second-order valence-corrected chi connectivity index (χ2v) is 6.88. The van der Waals surface area contributed by atoms with E-state index in [2.05, 4.69) is 31.0 Å². The van der Waals surface area contributed by atoms with Gasteiger partial charge in [-0.3, -0.25) is 9.69 Å². The first kappa shape index (κ1) is 18.3. The Bertz CT molecular complexity index is 952. The van der Waals surface area contributed by atoms with Gasteiger partial charge in [0.25, 0.3) is 5.91 Å². The van der Waals surface area contributed by atoms with Crippen molar-refractivity contribution in [1.29, 1.82) is 0 Å². The first-order valence-electron chi connectivity index (χ1n) is 8.26. The molecule has 0 aliphatic rings. The molecule has 0 aliphatic carbocycles. The van der Waals surface area contributed by atoms with E-state index in [4.69, 9.17) is 4.74 Å². The third-order valence-corrected chi connectivity index (χ3v) is 4.49. The van der Waals surface area contributed by atoms with Gasteiger partial charge in [0.2, 0.25) is 5.88 Å². The number of nitrogens with zero attached hydrogens (tertiary/aromatic N) is 5. The number of likely N-dealkylation sites (N-methyl/N-ethyl adjacent to an activating group) is 1. The van der Waals surface area contributed by atoms with Crippen molar-refractivity contribution >= 4 is 38.7 Å². The quantitative estimate of drug-likeness (QED) is 0.637. The van der Waals surface area contributed by atoms with E-state index < -0.39 is 0 Å². The van der Waals surface area contributed by atoms with Crippen molar-refractivity contribution in [3.63, 3.8) is 0 Å². The van der Waals surface area contributed by atoms with Crippen LogP contribution in [0.4, 0.5) is 5.82 Å². The number of anilines is 1. The summed E-state index contributed by atoms with van der Waals surface area (Å²) in [5.41, 5.74) is 2.68. The second kappa shape index (κ2) is 7.41. The van der Waals surface area contributed by atoms with Gasteiger partial charge in [0.05, 0.1) is 5.39 Å². The van der Waals surface area contributed by atoms with Gasteiger partial charge in [0.15, 0.2) is 12.3 Å². The van der Waals surface area contributed by atoms with Crippen LogP contribution in [0.5, 0.6) is 5.88 Å². The third kappa shape index (κ3) is 3.55. The van der Waals surface area contributed by atoms with Crippen molar-refractivity contribution in [3.8, 4) is 5.88 Å². The van der Waals surface area contributed by atoms with Gasteiger partial charge in [-0.2, -0.15) is 0 Å². The molecule has 0 fully saturated rings. The van der Waals surface area contributed by atoms with E-state index in [0.29, 0.717) is 18.2 Å². The topological polar surface area (TPSA) is 73.1 Å². The van der Waals surface area contributed by atoms with Gasteiger partial charge in [0, 0.05) is 30.0 Å². The van der Waals surface area contributed by atoms with Gasteiger partial charge in [0.1, 0.15) is 5.82 Å². The Kier molecular flexibility index (Phi) is 5.22. The molecule has 26 heavy (non-hydrogen) atoms. The average molecular weight is 418 g/mol. The van der Waals surface area contributed by atoms with Crippen molar-refractivity contribution in [2.75, 3.05) is 18.1 Å². The molecule has 3 aromatic rings. The lowest BCUT2D eigenvalue weighted by molar-refractivity contribution is -0.120. The third-order valence-electron chi connectivity index (χ3n) is 4.02. The summed E-state index contributed by atoms with van der Waals surface area (Å²) in [5, 5.41) is 5.20. The van der Waals surface area contributed by atoms with Crippen LogP contribution >= 0.6 is 15.9 Å². The molecule has 0 saturated carbocycles. The number of aromatic nitrogens is 4. The molecule has 3 rings (SSSR count). The van der Waals surface area contributed by atoms with Crippen LogP contribution in [0.25, 0.3) is 11.0 Å². The number of aryl methyl sites for hydroxylation is 3. The SMILES string of the molecule is CCN(C(=O)COc1nn(C)c2nc(C)cc(C)c12)c1ccc(Br)cn1. The van der Waals surface area contributed by atoms with Gasteiger partial charge in [-0.1, -0.05) is 0 Å². The smallest absolute Gasteiger partial charge is 0.266 e. The van der Waals surface area contributed by atoms with Crippen LogP contribution in [0.3, 0.4) is 0 Å². The predicted molar refractivity (Wildman–Crippen MR) is 103 cm³/mol. The molecule has 136 valence electrons. The maximum atomic E-state index is 12.6. The number of carbonyl (C=O) groups is 1. The molecule has 0 atom stereocenters. The lowest BCUT2D eigenvalue weighted by atomic mass is 10.2. The van der Waals surface area contributed by atoms with Gasteiger partial charge in [-0.15, -0.1) is 5.10 Å². The Labute approximate surface area is 160 Å². The van der Waals surface area contributed by atoms with Gasteiger partial charge >= 0.3 is 0 Å². The number of hydrogen-bond acceptors (Lipinski definition) is 5. The second-order valence-electron chi connectivity index (χ2n) is 5.97. The molecule has 0 aliphatic heterocycles. The van der Waals surface area contributed by atoms with Crippen LogP contribution < -0.4 is 9.64 Å². The highest BCUT2D eigenvalue weighted by Gasteiger charge is 2.19. The van der Waals surface area contributed by atoms with Crippen LogP contribution in [-0.4, -0.2) is 38.8 Å². The highest BCUT2D eigenvalue weighted by atomic mass is 79.9. The number of carbonyl (C=O) groups excluding carboxylic acids is 1. The zero-order chi connectivity index (χ0) is 18.8. The summed E-state index contributed by atoms with van der Waals surface area (Å²) in [6.45, 7) is 6.20. The Morgan fingerprint density at radius 1 is 1.35 bits per heavy atom. The van der Waals surface area contributed by atoms with Crippen molar-refractivity contribution in [3.05, 3.63) is 40.1 Å². The standard InChI is InChI=1S/C18H20BrN5O2/c1-5-24(14-7-6-13(19)9-20-14)15(25)10-26-18-16-11(2)8-12(3)21-17(16)23(4)22-18/h6-9H,5,10H2,1-4H3. The van der Waals surface area contributed by atoms with Crippen molar-refractivity contribution < 1.29 is 9.53 Å². The summed E-state index contributed by atoms with van der Waals surface area (Å²) >= 11 is 3.34. The summed E-state index contributed by atoms with van der Waals surface area (Å²) in [5.74, 6) is 0.822. The van der Waals surface area contributed by atoms with E-state index in [9.17, 15) is 4.79 Å². The Hall–Kier alpha value is -2.48. The maximum absolute atomic E-state index is 12.6. The van der Waals surface area contributed by atoms with Crippen LogP contribution in [0.1, 0.15) is 18.2 Å². The van der Waals surface area contributed by atoms with Crippen LogP contribution in [-0.2, 0) is 11.8 Å². The molecule has 0 aromatic carbocycles. The first-order valence-corrected chi connectivity index (χ1v) is 9.05. The highest BCUT2D eigenvalue weighted by Crippen LogP contribution is 2.27. The molecule has 7 nitrogen and oxygen atoms in total. The zero-order valence-corrected chi connectivity index (χ0v) is 16.7. The van der Waals surface area contributed by atoms with Gasteiger partial charge in [-0.25, -0.2) is 14.6 Å². The average Bonchev–Trinajstić information content (AvgIpc) is 2.91. The minimum absolute atomic E-state index is 0.120. The first-order chi connectivity index (χ1) is 12.4. The Morgan fingerprint density at radius 3 is 2.77 bits per heavy atom. The fraction of sp³-hybridized carbons (Fsp3) is 0.333. The van der Waals surface area contributed by atoms with Gasteiger partial charge in [-0.05, 0) is 60.5 Å². The normalized spacial score (nSPS) is 11.0. The number of amides is 1. The number of hydrogen-bond donors (Lipinski definition) is 0. The molecule has 0 unspecified atom stereocenters. The Balaban J connectivity index is 1.81. The molecule has 8 heteroatoms. The van der Waals surface area contributed by atoms with Crippen LogP contribution in [0, 0.1) is 13.8 Å². The molecular formula is C18H20BrN5O2. The number of halogens is 1. The predicted octanol–water partition coefficient (Wildman–Crippen LogP) is 3.17. The largest absolute Gasteiger partial charge is 0.466 e. The summed E-state index contributed by atoms with van der Waals surface area (Å²) in [6.07, 6.45) is 1.66. The van der Waals surface area contributed by atoms with E-state index in [1.54, 1.807) is 21.8 Å². The summed E-state index contributed by atoms with van der Waals surface area (Å²) in [4.78, 5) is 23.0. The molecule has 3 aromatic heterocycles. The minimum atomic E-state index is -0.182. The van der Waals surface area contributed by atoms with Crippen molar-refractivity contribution in [2.45, 2.75) is 20.8 Å². The van der Waals surface area contributed by atoms with E-state index in [0.717, 1.165) is 26.8 Å². The monoisotopic (exact) mass is 417 g/mol. The molecule has 3 heterocycles. The number of rotatable bonds is 5. The lowest BCUT2D eigenvalue weighted by Crippen LogP contribution is -2.35. The van der Waals surface area contributed by atoms with E-state index in [1.807, 2.05) is 40.0 Å². The van der Waals surface area contributed by atoms with Crippen LogP contribution in [0.2, 0.25) is 0 Å². The zero-order valence-electron chi connectivity index (χ0n) is 15.2. The maximum Gasteiger partial charge on any atom is 0.266 e. The van der Waals surface area contributed by atoms with E-state index >= 15 is 0 Å². The Morgan fingerprint density at radius 2 is 2.12 bits per heavy atom. The number of fused-ring (bicyclic) bond motifs is 1. The number of ether oxygens (including phenoxy) is 1. The number of pyridine rings is 2. The lowest BCUT2D eigenvalue weighted by Gasteiger charge is -2.19. The summed E-state index contributed by atoms with van der Waals surface area (Å²) < 4.78 is 8.28. The van der Waals surface area contributed by atoms with E-state index in [1.165, 1.54) is 0 Å².